The van der Waals surface area contributed by atoms with Gasteiger partial charge in [0.25, 0.3) is 0 Å². The van der Waals surface area contributed by atoms with Crippen molar-refractivity contribution in [1.82, 2.24) is 9.97 Å². The van der Waals surface area contributed by atoms with E-state index in [-0.39, 0.29) is 5.82 Å². The topological polar surface area (TPSA) is 63.8 Å². The molecule has 100 valence electrons. The molecule has 0 spiro atoms. The fraction of sp³-hybridized carbons (Fsp3) is 0.286. The number of hydrogen-bond acceptors (Lipinski definition) is 4. The van der Waals surface area contributed by atoms with E-state index in [2.05, 4.69) is 15.3 Å². The van der Waals surface area contributed by atoms with Gasteiger partial charge in [0.05, 0.1) is 0 Å². The molecule has 0 atom stereocenters. The van der Waals surface area contributed by atoms with E-state index in [1.807, 2.05) is 6.92 Å². The molecule has 1 aromatic heterocycles. The van der Waals surface area contributed by atoms with E-state index >= 15 is 0 Å². The van der Waals surface area contributed by atoms with Crippen molar-refractivity contribution >= 4 is 11.6 Å². The molecule has 0 saturated carbocycles. The molecule has 5 heteroatoms. The average molecular weight is 260 g/mol. The van der Waals surface area contributed by atoms with Gasteiger partial charge in [-0.15, -0.1) is 0 Å². The first kappa shape index (κ1) is 13.3. The molecule has 2 aromatic rings. The summed E-state index contributed by atoms with van der Waals surface area (Å²) >= 11 is 0. The predicted molar refractivity (Wildman–Crippen MR) is 74.4 cm³/mol. The molecule has 4 nitrogen and oxygen atoms in total. The highest BCUT2D eigenvalue weighted by Gasteiger charge is 2.01. The van der Waals surface area contributed by atoms with E-state index in [1.54, 1.807) is 18.2 Å². The molecule has 2 rings (SSSR count). The Labute approximate surface area is 111 Å². The fourth-order valence-electron chi connectivity index (χ4n) is 1.75. The standard InChI is InChI=1S/C14H17FN4/c1-2-13-18-12(16)9-14(19-13)17-8-7-10-3-5-11(15)6-4-10/h3-6,9H,2,7-8H2,1H3,(H3,16,17,18,19). The molecule has 0 aliphatic rings. The summed E-state index contributed by atoms with van der Waals surface area (Å²) in [5.74, 6) is 1.71. The van der Waals surface area contributed by atoms with Crippen LogP contribution in [0.2, 0.25) is 0 Å². The summed E-state index contributed by atoms with van der Waals surface area (Å²) in [5, 5.41) is 3.20. The Morgan fingerprint density at radius 3 is 2.63 bits per heavy atom. The van der Waals surface area contributed by atoms with Crippen LogP contribution < -0.4 is 11.1 Å². The lowest BCUT2D eigenvalue weighted by atomic mass is 10.1. The summed E-state index contributed by atoms with van der Waals surface area (Å²) in [4.78, 5) is 8.45. The molecule has 1 heterocycles. The SMILES string of the molecule is CCc1nc(N)cc(NCCc2ccc(F)cc2)n1. The second-order valence-electron chi connectivity index (χ2n) is 4.25. The Bertz CT molecular complexity index is 540. The smallest absolute Gasteiger partial charge is 0.132 e. The lowest BCUT2D eigenvalue weighted by Crippen LogP contribution is -2.09. The quantitative estimate of drug-likeness (QED) is 0.866. The van der Waals surface area contributed by atoms with Crippen molar-refractivity contribution in [2.45, 2.75) is 19.8 Å². The van der Waals surface area contributed by atoms with Gasteiger partial charge >= 0.3 is 0 Å². The molecule has 0 radical (unpaired) electrons. The van der Waals surface area contributed by atoms with Gasteiger partial charge < -0.3 is 11.1 Å². The number of halogens is 1. The molecule has 0 fully saturated rings. The maximum absolute atomic E-state index is 12.8. The van der Waals surface area contributed by atoms with Crippen LogP contribution in [-0.4, -0.2) is 16.5 Å². The zero-order valence-corrected chi connectivity index (χ0v) is 10.9. The zero-order chi connectivity index (χ0) is 13.7. The fourth-order valence-corrected chi connectivity index (χ4v) is 1.75. The van der Waals surface area contributed by atoms with Crippen LogP contribution in [0.15, 0.2) is 30.3 Å². The lowest BCUT2D eigenvalue weighted by molar-refractivity contribution is 0.627. The van der Waals surface area contributed by atoms with E-state index < -0.39 is 0 Å². The van der Waals surface area contributed by atoms with Crippen LogP contribution >= 0.6 is 0 Å². The Hall–Kier alpha value is -2.17. The Morgan fingerprint density at radius 1 is 1.21 bits per heavy atom. The van der Waals surface area contributed by atoms with Crippen LogP contribution in [0.1, 0.15) is 18.3 Å². The Kier molecular flexibility index (Phi) is 4.28. The molecule has 0 aliphatic heterocycles. The third-order valence-corrected chi connectivity index (χ3v) is 2.74. The lowest BCUT2D eigenvalue weighted by Gasteiger charge is -2.07. The van der Waals surface area contributed by atoms with Crippen molar-refractivity contribution in [3.63, 3.8) is 0 Å². The van der Waals surface area contributed by atoms with Gasteiger partial charge in [-0.3, -0.25) is 0 Å². The minimum atomic E-state index is -0.215. The van der Waals surface area contributed by atoms with Crippen molar-refractivity contribution in [2.24, 2.45) is 0 Å². The summed E-state index contributed by atoms with van der Waals surface area (Å²) in [6, 6.07) is 8.20. The minimum absolute atomic E-state index is 0.215. The van der Waals surface area contributed by atoms with E-state index in [9.17, 15) is 4.39 Å². The largest absolute Gasteiger partial charge is 0.384 e. The maximum Gasteiger partial charge on any atom is 0.132 e. The normalized spacial score (nSPS) is 10.4. The van der Waals surface area contributed by atoms with Crippen LogP contribution in [0, 0.1) is 5.82 Å². The first-order valence-electron chi connectivity index (χ1n) is 6.29. The second-order valence-corrected chi connectivity index (χ2v) is 4.25. The van der Waals surface area contributed by atoms with Gasteiger partial charge in [0.1, 0.15) is 23.3 Å². The van der Waals surface area contributed by atoms with E-state index in [4.69, 9.17) is 5.73 Å². The number of aryl methyl sites for hydroxylation is 1. The van der Waals surface area contributed by atoms with Gasteiger partial charge in [-0.1, -0.05) is 19.1 Å². The van der Waals surface area contributed by atoms with Crippen molar-refractivity contribution < 1.29 is 4.39 Å². The number of nitrogens with one attached hydrogen (secondary N) is 1. The van der Waals surface area contributed by atoms with Crippen LogP contribution in [0.3, 0.4) is 0 Å². The molecule has 0 aliphatic carbocycles. The molecule has 0 unspecified atom stereocenters. The summed E-state index contributed by atoms with van der Waals surface area (Å²) in [5.41, 5.74) is 6.78. The van der Waals surface area contributed by atoms with Gasteiger partial charge in [0.15, 0.2) is 0 Å². The summed E-state index contributed by atoms with van der Waals surface area (Å²) in [6.45, 7) is 2.70. The van der Waals surface area contributed by atoms with E-state index in [0.29, 0.717) is 12.4 Å². The molecule has 1 aromatic carbocycles. The van der Waals surface area contributed by atoms with Crippen molar-refractivity contribution in [3.05, 3.63) is 47.5 Å². The first-order valence-corrected chi connectivity index (χ1v) is 6.29. The average Bonchev–Trinajstić information content (AvgIpc) is 2.40. The summed E-state index contributed by atoms with van der Waals surface area (Å²) < 4.78 is 12.8. The number of rotatable bonds is 5. The number of anilines is 2. The van der Waals surface area contributed by atoms with Crippen molar-refractivity contribution in [1.29, 1.82) is 0 Å². The van der Waals surface area contributed by atoms with Crippen LogP contribution in [0.4, 0.5) is 16.0 Å². The highest BCUT2D eigenvalue weighted by atomic mass is 19.1. The molecule has 0 bridgehead atoms. The van der Waals surface area contributed by atoms with Crippen LogP contribution in [0.5, 0.6) is 0 Å². The highest BCUT2D eigenvalue weighted by Crippen LogP contribution is 2.09. The van der Waals surface area contributed by atoms with Crippen LogP contribution in [0.25, 0.3) is 0 Å². The predicted octanol–water partition coefficient (Wildman–Crippen LogP) is 2.41. The number of nitrogens with two attached hydrogens (primary N) is 1. The van der Waals surface area contributed by atoms with E-state index in [0.717, 1.165) is 30.0 Å². The van der Waals surface area contributed by atoms with E-state index in [1.165, 1.54) is 12.1 Å². The van der Waals surface area contributed by atoms with Crippen LogP contribution in [-0.2, 0) is 12.8 Å². The van der Waals surface area contributed by atoms with Gasteiger partial charge in [-0.05, 0) is 24.1 Å². The Morgan fingerprint density at radius 2 is 1.95 bits per heavy atom. The Balaban J connectivity index is 1.92. The zero-order valence-electron chi connectivity index (χ0n) is 10.9. The first-order chi connectivity index (χ1) is 9.17. The number of nitrogens with zero attached hydrogens (tertiary/aromatic N) is 2. The van der Waals surface area contributed by atoms with Gasteiger partial charge in [-0.25, -0.2) is 14.4 Å². The minimum Gasteiger partial charge on any atom is -0.384 e. The number of nitrogen functional groups attached to an aromatic ring is 1. The van der Waals surface area contributed by atoms with Crippen molar-refractivity contribution in [3.8, 4) is 0 Å². The molecular weight excluding hydrogens is 243 g/mol. The summed E-state index contributed by atoms with van der Waals surface area (Å²) in [6.07, 6.45) is 1.54. The molecule has 19 heavy (non-hydrogen) atoms. The number of aromatic nitrogens is 2. The second kappa shape index (κ2) is 6.13. The third kappa shape index (κ3) is 3.91. The number of hydrogen-bond donors (Lipinski definition) is 2. The molecule has 0 amide bonds. The summed E-state index contributed by atoms with van der Waals surface area (Å²) in [7, 11) is 0. The van der Waals surface area contributed by atoms with Gasteiger partial charge in [0.2, 0.25) is 0 Å². The third-order valence-electron chi connectivity index (χ3n) is 2.74. The van der Waals surface area contributed by atoms with Gasteiger partial charge in [0, 0.05) is 19.0 Å². The number of benzene rings is 1. The molecule has 0 saturated heterocycles. The highest BCUT2D eigenvalue weighted by molar-refractivity contribution is 5.44. The monoisotopic (exact) mass is 260 g/mol. The maximum atomic E-state index is 12.8. The molecular formula is C14H17FN4. The molecule has 3 N–H and O–H groups in total. The van der Waals surface area contributed by atoms with Crippen molar-refractivity contribution in [2.75, 3.05) is 17.6 Å². The van der Waals surface area contributed by atoms with Gasteiger partial charge in [-0.2, -0.15) is 0 Å².